The number of likely N-dealkylation sites (tertiary alicyclic amines) is 1. The molecule has 2 aliphatic heterocycles. The Hall–Kier alpha value is -5.72. The molecule has 1 aliphatic carbocycles. The van der Waals surface area contributed by atoms with E-state index in [2.05, 4.69) is 21.3 Å². The summed E-state index contributed by atoms with van der Waals surface area (Å²) < 4.78 is 10.9. The van der Waals surface area contributed by atoms with Gasteiger partial charge in [-0.1, -0.05) is 36.4 Å². The highest BCUT2D eigenvalue weighted by molar-refractivity contribution is 6.01. The summed E-state index contributed by atoms with van der Waals surface area (Å²) in [6.45, 7) is 14.5. The van der Waals surface area contributed by atoms with Crippen LogP contribution in [-0.4, -0.2) is 77.5 Å². The van der Waals surface area contributed by atoms with Gasteiger partial charge in [-0.05, 0) is 151 Å². The summed E-state index contributed by atoms with van der Waals surface area (Å²) in [4.78, 5) is 79.4. The number of ether oxygens (including phenoxy) is 2. The van der Waals surface area contributed by atoms with Crippen molar-refractivity contribution >= 4 is 47.1 Å². The molecule has 0 spiro atoms. The van der Waals surface area contributed by atoms with Gasteiger partial charge < -0.3 is 35.6 Å². The fourth-order valence-corrected chi connectivity index (χ4v) is 8.47. The maximum Gasteiger partial charge on any atom is 0.410 e. The van der Waals surface area contributed by atoms with Gasteiger partial charge in [0.2, 0.25) is 11.8 Å². The molecule has 2 fully saturated rings. The molecule has 6 rings (SSSR count). The summed E-state index contributed by atoms with van der Waals surface area (Å²) >= 11 is 0. The first-order valence-corrected chi connectivity index (χ1v) is 22.0. The van der Waals surface area contributed by atoms with Crippen LogP contribution in [-0.2, 0) is 36.7 Å². The van der Waals surface area contributed by atoms with Crippen molar-refractivity contribution in [1.29, 1.82) is 0 Å². The number of alkyl carbamates (subject to hydrolysis) is 1. The SMILES string of the molecule is Cc1cc(C(=O)NC2CCN(C(=O)OC(C)(C)C)CC2)ccc1-c1ccc(C[C@H](CC(=O)C2CCC(CNC(=O)OC(C)(C)C)CC2)C(=O)Nc2ccc3c(c2)NC(=O)C3)cc1. The minimum absolute atomic E-state index is 0.0409. The van der Waals surface area contributed by atoms with Gasteiger partial charge in [0.15, 0.2) is 0 Å². The van der Waals surface area contributed by atoms with E-state index in [0.717, 1.165) is 40.7 Å². The fourth-order valence-electron chi connectivity index (χ4n) is 8.47. The van der Waals surface area contributed by atoms with Crippen LogP contribution in [0.4, 0.5) is 21.0 Å². The highest BCUT2D eigenvalue weighted by atomic mass is 16.6. The summed E-state index contributed by atoms with van der Waals surface area (Å²) in [6, 6.07) is 19.0. The highest BCUT2D eigenvalue weighted by Crippen LogP contribution is 2.33. The molecule has 4 N–H and O–H groups in total. The van der Waals surface area contributed by atoms with E-state index in [9.17, 15) is 28.8 Å². The second kappa shape index (κ2) is 19.5. The summed E-state index contributed by atoms with van der Waals surface area (Å²) in [7, 11) is 0. The third kappa shape index (κ3) is 12.9. The Morgan fingerprint density at radius 1 is 0.823 bits per heavy atom. The molecule has 62 heavy (non-hydrogen) atoms. The maximum atomic E-state index is 14.0. The van der Waals surface area contributed by atoms with Gasteiger partial charge in [-0.3, -0.25) is 19.2 Å². The Balaban J connectivity index is 1.07. The molecule has 13 nitrogen and oxygen atoms in total. The van der Waals surface area contributed by atoms with Crippen LogP contribution in [0, 0.1) is 24.7 Å². The van der Waals surface area contributed by atoms with Gasteiger partial charge >= 0.3 is 12.2 Å². The van der Waals surface area contributed by atoms with E-state index in [0.29, 0.717) is 75.1 Å². The number of piperidine rings is 1. The van der Waals surface area contributed by atoms with Crippen molar-refractivity contribution in [3.05, 3.63) is 82.9 Å². The normalized spacial score (nSPS) is 18.5. The van der Waals surface area contributed by atoms with E-state index in [1.165, 1.54) is 0 Å². The van der Waals surface area contributed by atoms with Gasteiger partial charge in [-0.2, -0.15) is 0 Å². The first-order chi connectivity index (χ1) is 29.3. The molecule has 13 heteroatoms. The van der Waals surface area contributed by atoms with Crippen LogP contribution in [0.25, 0.3) is 11.1 Å². The standard InChI is InChI=1S/C49H63N5O8/c1-30-24-36(44(57)51-38-20-22-54(23-21-38)47(60)62-49(5,6)7)17-19-40(30)33-12-8-31(9-13-33)25-37(45(58)52-39-18-16-35-27-43(56)53-41(35)28-39)26-42(55)34-14-10-32(11-15-34)29-50-46(59)61-48(2,3)4/h8-9,12-13,16-19,24,28,32,34,37-38H,10-11,14-15,20-23,25-27,29H2,1-7H3,(H,50,59)(H,51,57)(H,52,58)(H,53,56)/t32?,34?,37-/m1/s1. The number of nitrogens with zero attached hydrogens (tertiary/aromatic N) is 1. The number of fused-ring (bicyclic) bond motifs is 1. The van der Waals surface area contributed by atoms with Crippen LogP contribution < -0.4 is 21.3 Å². The van der Waals surface area contributed by atoms with Gasteiger partial charge in [0, 0.05) is 60.9 Å². The van der Waals surface area contributed by atoms with Crippen molar-refractivity contribution < 1.29 is 38.2 Å². The van der Waals surface area contributed by atoms with Gasteiger partial charge in [-0.25, -0.2) is 9.59 Å². The lowest BCUT2D eigenvalue weighted by Gasteiger charge is -2.33. The minimum atomic E-state index is -0.633. The van der Waals surface area contributed by atoms with E-state index < -0.39 is 23.2 Å². The predicted molar refractivity (Wildman–Crippen MR) is 239 cm³/mol. The molecule has 0 radical (unpaired) electrons. The summed E-state index contributed by atoms with van der Waals surface area (Å²) in [5.74, 6) is -0.987. The number of amides is 5. The molecular weight excluding hydrogens is 787 g/mol. The molecular formula is C49H63N5O8. The second-order valence-electron chi connectivity index (χ2n) is 19.2. The summed E-state index contributed by atoms with van der Waals surface area (Å²) in [6.07, 6.45) is 4.26. The van der Waals surface area contributed by atoms with Crippen molar-refractivity contribution in [2.45, 2.75) is 123 Å². The Morgan fingerprint density at radius 3 is 2.15 bits per heavy atom. The van der Waals surface area contributed by atoms with Crippen LogP contribution in [0.15, 0.2) is 60.7 Å². The molecule has 3 aromatic rings. The smallest absolute Gasteiger partial charge is 0.410 e. The van der Waals surface area contributed by atoms with Crippen LogP contribution in [0.2, 0.25) is 0 Å². The molecule has 1 atom stereocenters. The molecule has 332 valence electrons. The zero-order valence-electron chi connectivity index (χ0n) is 37.3. The summed E-state index contributed by atoms with van der Waals surface area (Å²) in [5, 5.41) is 11.8. The number of aryl methyl sites for hydroxylation is 1. The number of hydrogen-bond donors (Lipinski definition) is 4. The van der Waals surface area contributed by atoms with Crippen LogP contribution >= 0.6 is 0 Å². The van der Waals surface area contributed by atoms with Gasteiger partial charge in [0.05, 0.1) is 6.42 Å². The average molecular weight is 850 g/mol. The number of rotatable bonds is 12. The number of Topliss-reactive ketones (excluding diaryl/α,β-unsaturated/α-hetero) is 1. The Kier molecular flexibility index (Phi) is 14.4. The first kappa shape index (κ1) is 45.8. The molecule has 3 aromatic carbocycles. The lowest BCUT2D eigenvalue weighted by Crippen LogP contribution is -2.47. The maximum absolute atomic E-state index is 14.0. The average Bonchev–Trinajstić information content (AvgIpc) is 3.58. The Labute approximate surface area is 365 Å². The fraction of sp³-hybridized carbons (Fsp3) is 0.510. The van der Waals surface area contributed by atoms with Gasteiger partial charge in [0.1, 0.15) is 17.0 Å². The summed E-state index contributed by atoms with van der Waals surface area (Å²) in [5.41, 5.74) is 5.32. The lowest BCUT2D eigenvalue weighted by atomic mass is 9.77. The number of anilines is 2. The van der Waals surface area contributed by atoms with Crippen molar-refractivity contribution in [3.8, 4) is 11.1 Å². The quantitative estimate of drug-likeness (QED) is 0.141. The molecule has 0 unspecified atom stereocenters. The highest BCUT2D eigenvalue weighted by Gasteiger charge is 2.32. The molecule has 1 saturated carbocycles. The first-order valence-electron chi connectivity index (χ1n) is 22.0. The number of benzene rings is 3. The Morgan fingerprint density at radius 2 is 1.50 bits per heavy atom. The molecule has 0 bridgehead atoms. The molecule has 0 aromatic heterocycles. The number of carbonyl (C=O) groups excluding carboxylic acids is 6. The van der Waals surface area contributed by atoms with Gasteiger partial charge in [-0.15, -0.1) is 0 Å². The van der Waals surface area contributed by atoms with E-state index in [4.69, 9.17) is 9.47 Å². The second-order valence-corrected chi connectivity index (χ2v) is 19.2. The largest absolute Gasteiger partial charge is 0.444 e. The number of nitrogens with one attached hydrogen (secondary N) is 4. The molecule has 2 heterocycles. The molecule has 5 amide bonds. The number of hydrogen-bond acceptors (Lipinski definition) is 8. The predicted octanol–water partition coefficient (Wildman–Crippen LogP) is 8.37. The van der Waals surface area contributed by atoms with E-state index in [1.54, 1.807) is 17.0 Å². The van der Waals surface area contributed by atoms with E-state index in [1.807, 2.05) is 97.0 Å². The molecule has 3 aliphatic rings. The van der Waals surface area contributed by atoms with Crippen molar-refractivity contribution in [2.24, 2.45) is 17.8 Å². The van der Waals surface area contributed by atoms with Crippen molar-refractivity contribution in [2.75, 3.05) is 30.3 Å². The van der Waals surface area contributed by atoms with E-state index >= 15 is 0 Å². The van der Waals surface area contributed by atoms with Crippen molar-refractivity contribution in [1.82, 2.24) is 15.5 Å². The zero-order valence-corrected chi connectivity index (χ0v) is 37.3. The van der Waals surface area contributed by atoms with E-state index in [-0.39, 0.29) is 53.9 Å². The zero-order chi connectivity index (χ0) is 44.8. The third-order valence-electron chi connectivity index (χ3n) is 11.8. The number of ketones is 1. The van der Waals surface area contributed by atoms with Crippen molar-refractivity contribution in [3.63, 3.8) is 0 Å². The third-order valence-corrected chi connectivity index (χ3v) is 11.8. The van der Waals surface area contributed by atoms with Crippen LogP contribution in [0.1, 0.15) is 114 Å². The van der Waals surface area contributed by atoms with Gasteiger partial charge in [0.25, 0.3) is 5.91 Å². The monoisotopic (exact) mass is 849 g/mol. The Bertz CT molecular complexity index is 2140. The topological polar surface area (TPSA) is 172 Å². The van der Waals surface area contributed by atoms with Crippen LogP contribution in [0.5, 0.6) is 0 Å². The lowest BCUT2D eigenvalue weighted by molar-refractivity contribution is -0.129. The minimum Gasteiger partial charge on any atom is -0.444 e. The number of carbonyl (C=O) groups is 6. The van der Waals surface area contributed by atoms with Crippen LogP contribution in [0.3, 0.4) is 0 Å². The molecule has 1 saturated heterocycles.